The van der Waals surface area contributed by atoms with Crippen LogP contribution in [0, 0.1) is 0 Å². The molecule has 1 aliphatic rings. The van der Waals surface area contributed by atoms with Crippen molar-refractivity contribution in [2.45, 2.75) is 12.8 Å². The van der Waals surface area contributed by atoms with E-state index in [-0.39, 0.29) is 12.4 Å². The van der Waals surface area contributed by atoms with Gasteiger partial charge in [-0.2, -0.15) is 8.42 Å². The van der Waals surface area contributed by atoms with Crippen LogP contribution in [0.25, 0.3) is 0 Å². The molecule has 0 N–H and O–H groups in total. The zero-order valence-electron chi connectivity index (χ0n) is 8.70. The smallest absolute Gasteiger partial charge is 0.264 e. The highest BCUT2D eigenvalue weighted by Crippen LogP contribution is 2.15. The summed E-state index contributed by atoms with van der Waals surface area (Å²) in [5, 5.41) is 0. The van der Waals surface area contributed by atoms with Gasteiger partial charge in [0, 0.05) is 12.8 Å². The lowest BCUT2D eigenvalue weighted by Gasteiger charge is -2.28. The Labute approximate surface area is 92.4 Å². The van der Waals surface area contributed by atoms with E-state index in [4.69, 9.17) is 4.18 Å². The molecule has 1 rings (SSSR count). The molecule has 0 unspecified atom stereocenters. The van der Waals surface area contributed by atoms with Crippen molar-refractivity contribution in [3.63, 3.8) is 0 Å². The van der Waals surface area contributed by atoms with Crippen molar-refractivity contribution in [2.75, 3.05) is 39.5 Å². The number of halogens is 1. The third-order valence-corrected chi connectivity index (χ3v) is 3.17. The summed E-state index contributed by atoms with van der Waals surface area (Å²) in [4.78, 5) is 0. The van der Waals surface area contributed by atoms with E-state index in [0.29, 0.717) is 6.61 Å². The molecule has 1 fully saturated rings. The maximum absolute atomic E-state index is 10.7. The van der Waals surface area contributed by atoms with E-state index in [2.05, 4.69) is 7.05 Å². The molecule has 6 heteroatoms. The van der Waals surface area contributed by atoms with Gasteiger partial charge in [-0.3, -0.25) is 4.18 Å². The van der Waals surface area contributed by atoms with Gasteiger partial charge in [0.25, 0.3) is 10.1 Å². The Morgan fingerprint density at radius 1 is 1.29 bits per heavy atom. The third-order valence-electron chi connectivity index (χ3n) is 2.57. The number of likely N-dealkylation sites (N-methyl/N-ethyl adjacent to an activating group) is 1. The highest BCUT2D eigenvalue weighted by molar-refractivity contribution is 7.85. The van der Waals surface area contributed by atoms with Crippen LogP contribution in [0.4, 0.5) is 0 Å². The second kappa shape index (κ2) is 5.30. The average molecular weight is 244 g/mol. The average Bonchev–Trinajstić information content (AvgIpc) is 2.33. The number of rotatable bonds is 4. The molecule has 14 heavy (non-hydrogen) atoms. The van der Waals surface area contributed by atoms with Crippen molar-refractivity contribution in [1.82, 2.24) is 0 Å². The Morgan fingerprint density at radius 3 is 2.21 bits per heavy atom. The minimum Gasteiger partial charge on any atom is -1.00 e. The van der Waals surface area contributed by atoms with E-state index in [0.717, 1.165) is 30.4 Å². The van der Waals surface area contributed by atoms with Crippen LogP contribution in [0.5, 0.6) is 0 Å². The normalized spacial score (nSPS) is 20.4. The molecule has 1 saturated heterocycles. The summed E-state index contributed by atoms with van der Waals surface area (Å²) in [6.45, 7) is 3.41. The summed E-state index contributed by atoms with van der Waals surface area (Å²) in [6.07, 6.45) is 3.59. The fourth-order valence-corrected chi connectivity index (χ4v) is 2.11. The van der Waals surface area contributed by atoms with Crippen LogP contribution in [0.15, 0.2) is 0 Å². The monoisotopic (exact) mass is 243 g/mol. The predicted molar refractivity (Wildman–Crippen MR) is 50.8 cm³/mol. The van der Waals surface area contributed by atoms with E-state index >= 15 is 0 Å². The molecule has 4 nitrogen and oxygen atoms in total. The largest absolute Gasteiger partial charge is 1.00 e. The molecule has 0 bridgehead atoms. The molecular weight excluding hydrogens is 226 g/mol. The van der Waals surface area contributed by atoms with Crippen molar-refractivity contribution in [3.8, 4) is 0 Å². The summed E-state index contributed by atoms with van der Waals surface area (Å²) >= 11 is 0. The first-order valence-corrected chi connectivity index (χ1v) is 6.41. The molecule has 1 heterocycles. The van der Waals surface area contributed by atoms with Crippen LogP contribution in [0.2, 0.25) is 0 Å². The molecule has 0 radical (unpaired) electrons. The van der Waals surface area contributed by atoms with E-state index < -0.39 is 10.1 Å². The molecule has 0 amide bonds. The fraction of sp³-hybridized carbons (Fsp3) is 1.00. The molecule has 1 aliphatic heterocycles. The minimum absolute atomic E-state index is 0. The van der Waals surface area contributed by atoms with Gasteiger partial charge in [0.05, 0.1) is 26.4 Å². The lowest BCUT2D eigenvalue weighted by molar-refractivity contribution is -0.897. The van der Waals surface area contributed by atoms with Gasteiger partial charge in [-0.15, -0.1) is 0 Å². The van der Waals surface area contributed by atoms with E-state index in [9.17, 15) is 8.42 Å². The minimum atomic E-state index is -3.25. The van der Waals surface area contributed by atoms with Crippen molar-refractivity contribution in [1.29, 1.82) is 0 Å². The Kier molecular flexibility index (Phi) is 5.36. The van der Waals surface area contributed by atoms with Gasteiger partial charge in [-0.25, -0.2) is 0 Å². The van der Waals surface area contributed by atoms with Crippen LogP contribution in [0.3, 0.4) is 0 Å². The number of quaternary nitrogens is 1. The van der Waals surface area contributed by atoms with E-state index in [1.165, 1.54) is 12.8 Å². The van der Waals surface area contributed by atoms with E-state index in [1.807, 2.05) is 0 Å². The maximum atomic E-state index is 10.7. The Bertz CT molecular complexity index is 260. The fourth-order valence-electron chi connectivity index (χ4n) is 1.73. The van der Waals surface area contributed by atoms with Gasteiger partial charge in [0.2, 0.25) is 0 Å². The van der Waals surface area contributed by atoms with Gasteiger partial charge >= 0.3 is 0 Å². The molecular formula is C8H18ClNO3S. The molecule has 0 aromatic rings. The number of hydrogen-bond donors (Lipinski definition) is 0. The predicted octanol–water partition coefficient (Wildman–Crippen LogP) is -2.79. The molecule has 0 spiro atoms. The van der Waals surface area contributed by atoms with Crippen LogP contribution < -0.4 is 12.4 Å². The summed E-state index contributed by atoms with van der Waals surface area (Å²) in [5.41, 5.74) is 0. The highest BCUT2D eigenvalue weighted by atomic mass is 35.5. The quantitative estimate of drug-likeness (QED) is 0.396. The number of nitrogens with zero attached hydrogens (tertiary/aromatic N) is 1. The highest BCUT2D eigenvalue weighted by Gasteiger charge is 2.26. The first kappa shape index (κ1) is 14.2. The second-order valence-electron chi connectivity index (χ2n) is 4.02. The lowest BCUT2D eigenvalue weighted by Crippen LogP contribution is -3.00. The van der Waals surface area contributed by atoms with Crippen molar-refractivity contribution in [3.05, 3.63) is 0 Å². The van der Waals surface area contributed by atoms with Gasteiger partial charge in [0.15, 0.2) is 0 Å². The van der Waals surface area contributed by atoms with Crippen molar-refractivity contribution >= 4 is 10.1 Å². The van der Waals surface area contributed by atoms with Crippen molar-refractivity contribution in [2.24, 2.45) is 0 Å². The summed E-state index contributed by atoms with van der Waals surface area (Å²) in [5.74, 6) is 0. The Hall–Kier alpha value is 0.160. The summed E-state index contributed by atoms with van der Waals surface area (Å²) in [6, 6.07) is 0. The molecule has 86 valence electrons. The summed E-state index contributed by atoms with van der Waals surface area (Å²) < 4.78 is 27.0. The first-order chi connectivity index (χ1) is 5.91. The number of hydrogen-bond acceptors (Lipinski definition) is 3. The molecule has 0 aromatic heterocycles. The molecule has 0 aliphatic carbocycles. The number of likely N-dealkylation sites (tertiary alicyclic amines) is 1. The van der Waals surface area contributed by atoms with Crippen LogP contribution in [-0.2, 0) is 14.3 Å². The zero-order valence-corrected chi connectivity index (χ0v) is 10.3. The molecule has 0 atom stereocenters. The summed E-state index contributed by atoms with van der Waals surface area (Å²) in [7, 11) is -1.10. The van der Waals surface area contributed by atoms with Crippen molar-refractivity contribution < 1.29 is 29.5 Å². The van der Waals surface area contributed by atoms with Gasteiger partial charge in [-0.05, 0) is 0 Å². The van der Waals surface area contributed by atoms with Crippen LogP contribution >= 0.6 is 0 Å². The second-order valence-corrected chi connectivity index (χ2v) is 5.67. The molecule has 0 saturated carbocycles. The topological polar surface area (TPSA) is 43.4 Å². The zero-order chi connectivity index (χ0) is 9.95. The first-order valence-electron chi connectivity index (χ1n) is 4.59. The van der Waals surface area contributed by atoms with Crippen LogP contribution in [0.1, 0.15) is 12.8 Å². The van der Waals surface area contributed by atoms with Gasteiger partial charge < -0.3 is 16.9 Å². The van der Waals surface area contributed by atoms with E-state index in [1.54, 1.807) is 0 Å². The van der Waals surface area contributed by atoms with Gasteiger partial charge in [-0.1, -0.05) is 0 Å². The molecule has 0 aromatic carbocycles. The van der Waals surface area contributed by atoms with Crippen LogP contribution in [-0.4, -0.2) is 52.4 Å². The lowest BCUT2D eigenvalue weighted by atomic mass is 10.4. The SMILES string of the molecule is C[N+]1(CCOS(C)(=O)=O)CCCC1.[Cl-]. The van der Waals surface area contributed by atoms with Gasteiger partial charge in [0.1, 0.15) is 13.2 Å². The third kappa shape index (κ3) is 5.14. The maximum Gasteiger partial charge on any atom is 0.264 e. The Morgan fingerprint density at radius 2 is 1.79 bits per heavy atom. The Balaban J connectivity index is 0.00000169. The standard InChI is InChI=1S/C8H18NO3S.ClH/c1-9(5-3-4-6-9)7-8-12-13(2,10)11;/h3-8H2,1-2H3;1H/q+1;/p-1.